The van der Waals surface area contributed by atoms with Crippen molar-refractivity contribution in [3.63, 3.8) is 0 Å². The van der Waals surface area contributed by atoms with E-state index in [1.165, 1.54) is 43.7 Å². The topological polar surface area (TPSA) is 71.9 Å². The van der Waals surface area contributed by atoms with Crippen LogP contribution >= 0.6 is 35.4 Å². The number of hydrogen-bond acceptors (Lipinski definition) is 5. The van der Waals surface area contributed by atoms with Gasteiger partial charge in [0.15, 0.2) is 16.6 Å². The molecule has 3 rings (SSSR count). The van der Waals surface area contributed by atoms with Crippen LogP contribution in [0.2, 0.25) is 10.0 Å². The molecule has 3 aromatic rings. The maximum absolute atomic E-state index is 12.9. The molecular weight excluding hydrogens is 476 g/mol. The number of ether oxygens (including phenoxy) is 2. The number of hydrogen-bond donors (Lipinski definition) is 2. The Morgan fingerprint density at radius 2 is 1.78 bits per heavy atom. The molecule has 0 aliphatic heterocycles. The van der Waals surface area contributed by atoms with E-state index in [2.05, 4.69) is 15.8 Å². The molecule has 164 valence electrons. The number of thiocarbonyl (C=S) groups is 1. The van der Waals surface area contributed by atoms with E-state index in [1.54, 1.807) is 30.3 Å². The quantitative estimate of drug-likeness (QED) is 0.152. The first kappa shape index (κ1) is 23.5. The molecule has 0 bridgehead atoms. The van der Waals surface area contributed by atoms with Gasteiger partial charge in [0.25, 0.3) is 0 Å². The zero-order valence-corrected chi connectivity index (χ0v) is 18.9. The Morgan fingerprint density at radius 3 is 2.47 bits per heavy atom. The molecular formula is C22H16Cl2FN3O3S. The van der Waals surface area contributed by atoms with Crippen LogP contribution in [0.4, 0.5) is 10.1 Å². The largest absolute Gasteiger partial charge is 0.493 e. The lowest BCUT2D eigenvalue weighted by atomic mass is 10.2. The van der Waals surface area contributed by atoms with Crippen molar-refractivity contribution in [3.8, 4) is 11.5 Å². The molecule has 0 aliphatic rings. The van der Waals surface area contributed by atoms with E-state index >= 15 is 0 Å². The second-order valence-corrected chi connectivity index (χ2v) is 7.48. The molecule has 0 fully saturated rings. The summed E-state index contributed by atoms with van der Waals surface area (Å²) < 4.78 is 23.7. The number of methoxy groups -OCH3 is 1. The van der Waals surface area contributed by atoms with Gasteiger partial charge >= 0.3 is 5.97 Å². The average Bonchev–Trinajstić information content (AvgIpc) is 2.78. The van der Waals surface area contributed by atoms with Gasteiger partial charge in [-0.2, -0.15) is 5.10 Å². The highest BCUT2D eigenvalue weighted by Crippen LogP contribution is 2.29. The lowest BCUT2D eigenvalue weighted by Gasteiger charge is -2.10. The fourth-order valence-electron chi connectivity index (χ4n) is 2.49. The second-order valence-electron chi connectivity index (χ2n) is 6.26. The Bertz CT molecular complexity index is 1170. The third-order valence-corrected chi connectivity index (χ3v) is 4.96. The van der Waals surface area contributed by atoms with Crippen molar-refractivity contribution in [1.29, 1.82) is 0 Å². The maximum Gasteiger partial charge on any atom is 0.343 e. The fourth-order valence-corrected chi connectivity index (χ4v) is 2.96. The summed E-state index contributed by atoms with van der Waals surface area (Å²) in [5, 5.41) is 7.73. The van der Waals surface area contributed by atoms with Gasteiger partial charge in [-0.15, -0.1) is 0 Å². The van der Waals surface area contributed by atoms with E-state index in [-0.39, 0.29) is 27.3 Å². The molecule has 0 spiro atoms. The molecule has 0 atom stereocenters. The van der Waals surface area contributed by atoms with E-state index in [0.29, 0.717) is 22.0 Å². The van der Waals surface area contributed by atoms with Gasteiger partial charge in [0.1, 0.15) is 5.82 Å². The average molecular weight is 492 g/mol. The maximum atomic E-state index is 12.9. The SMILES string of the molecule is COc1cc(/C=N/NC(=S)Nc2ccc(F)cc2)ccc1OC(=O)c1ccc(Cl)c(Cl)c1. The van der Waals surface area contributed by atoms with Crippen LogP contribution in [0.15, 0.2) is 65.8 Å². The van der Waals surface area contributed by atoms with Crippen molar-refractivity contribution in [1.82, 2.24) is 5.43 Å². The van der Waals surface area contributed by atoms with Gasteiger partial charge in [-0.3, -0.25) is 5.43 Å². The number of benzene rings is 3. The van der Waals surface area contributed by atoms with Gasteiger partial charge in [-0.1, -0.05) is 23.2 Å². The van der Waals surface area contributed by atoms with Gasteiger partial charge < -0.3 is 14.8 Å². The number of anilines is 1. The summed E-state index contributed by atoms with van der Waals surface area (Å²) in [7, 11) is 1.45. The molecule has 0 heterocycles. The number of hydrazone groups is 1. The van der Waals surface area contributed by atoms with Crippen LogP contribution in [-0.4, -0.2) is 24.4 Å². The third-order valence-electron chi connectivity index (χ3n) is 4.03. The van der Waals surface area contributed by atoms with E-state index in [9.17, 15) is 9.18 Å². The number of rotatable bonds is 6. The summed E-state index contributed by atoms with van der Waals surface area (Å²) in [4.78, 5) is 12.4. The highest BCUT2D eigenvalue weighted by atomic mass is 35.5. The molecule has 0 radical (unpaired) electrons. The zero-order valence-electron chi connectivity index (χ0n) is 16.6. The molecule has 32 heavy (non-hydrogen) atoms. The molecule has 10 heteroatoms. The molecule has 2 N–H and O–H groups in total. The fraction of sp³-hybridized carbons (Fsp3) is 0.0455. The first-order valence-corrected chi connectivity index (χ1v) is 10.2. The Kier molecular flexibility index (Phi) is 7.99. The van der Waals surface area contributed by atoms with Crippen LogP contribution in [0.25, 0.3) is 0 Å². The Balaban J connectivity index is 1.62. The predicted molar refractivity (Wildman–Crippen MR) is 128 cm³/mol. The lowest BCUT2D eigenvalue weighted by Crippen LogP contribution is -2.23. The minimum atomic E-state index is -0.609. The molecule has 0 unspecified atom stereocenters. The van der Waals surface area contributed by atoms with Crippen LogP contribution in [0.5, 0.6) is 11.5 Å². The summed E-state index contributed by atoms with van der Waals surface area (Å²) in [5.74, 6) is -0.397. The molecule has 0 aliphatic carbocycles. The van der Waals surface area contributed by atoms with Crippen molar-refractivity contribution < 1.29 is 18.7 Å². The van der Waals surface area contributed by atoms with Crippen molar-refractivity contribution in [2.45, 2.75) is 0 Å². The van der Waals surface area contributed by atoms with Gasteiger partial charge in [-0.25, -0.2) is 9.18 Å². The summed E-state index contributed by atoms with van der Waals surface area (Å²) in [6, 6.07) is 15.1. The first-order chi connectivity index (χ1) is 15.4. The highest BCUT2D eigenvalue weighted by Gasteiger charge is 2.14. The summed E-state index contributed by atoms with van der Waals surface area (Å²) in [5.41, 5.74) is 4.18. The first-order valence-electron chi connectivity index (χ1n) is 9.06. The van der Waals surface area contributed by atoms with Crippen LogP contribution in [0.3, 0.4) is 0 Å². The van der Waals surface area contributed by atoms with E-state index in [4.69, 9.17) is 44.9 Å². The van der Waals surface area contributed by atoms with Crippen LogP contribution < -0.4 is 20.2 Å². The van der Waals surface area contributed by atoms with Crippen molar-refractivity contribution >= 4 is 58.4 Å². The summed E-state index contributed by atoms with van der Waals surface area (Å²) >= 11 is 17.0. The second kappa shape index (κ2) is 10.9. The number of nitrogens with one attached hydrogen (secondary N) is 2. The van der Waals surface area contributed by atoms with Crippen molar-refractivity contribution in [2.24, 2.45) is 5.10 Å². The van der Waals surface area contributed by atoms with Crippen LogP contribution in [0, 0.1) is 5.82 Å². The van der Waals surface area contributed by atoms with E-state index < -0.39 is 5.97 Å². The minimum absolute atomic E-state index is 0.224. The van der Waals surface area contributed by atoms with Gasteiger partial charge in [0.2, 0.25) is 0 Å². The molecule has 6 nitrogen and oxygen atoms in total. The normalized spacial score (nSPS) is 10.6. The van der Waals surface area contributed by atoms with Gasteiger partial charge in [0.05, 0.1) is 28.9 Å². The van der Waals surface area contributed by atoms with E-state index in [1.807, 2.05) is 0 Å². The predicted octanol–water partition coefficient (Wildman–Crippen LogP) is 5.68. The smallest absolute Gasteiger partial charge is 0.343 e. The molecule has 0 saturated heterocycles. The number of nitrogens with zero attached hydrogens (tertiary/aromatic N) is 1. The number of esters is 1. The van der Waals surface area contributed by atoms with Crippen LogP contribution in [0.1, 0.15) is 15.9 Å². The molecule has 0 amide bonds. The van der Waals surface area contributed by atoms with Crippen molar-refractivity contribution in [3.05, 3.63) is 87.7 Å². The van der Waals surface area contributed by atoms with Crippen molar-refractivity contribution in [2.75, 3.05) is 12.4 Å². The monoisotopic (exact) mass is 491 g/mol. The lowest BCUT2D eigenvalue weighted by molar-refractivity contribution is 0.0729. The highest BCUT2D eigenvalue weighted by molar-refractivity contribution is 7.80. The van der Waals surface area contributed by atoms with Gasteiger partial charge in [-0.05, 0) is 78.4 Å². The third kappa shape index (κ3) is 6.40. The molecule has 0 saturated carbocycles. The Labute approximate surface area is 198 Å². The minimum Gasteiger partial charge on any atom is -0.493 e. The number of carbonyl (C=O) groups is 1. The standard InChI is InChI=1S/C22H16Cl2FN3O3S/c1-30-20-10-13(12-26-28-22(32)27-16-6-4-15(25)5-7-16)2-9-19(20)31-21(29)14-3-8-17(23)18(24)11-14/h2-12H,1H3,(H2,27,28,32)/b26-12+. The Hall–Kier alpha value is -3.20. The van der Waals surface area contributed by atoms with E-state index in [0.717, 1.165) is 0 Å². The summed E-state index contributed by atoms with van der Waals surface area (Å²) in [6.45, 7) is 0. The zero-order chi connectivity index (χ0) is 23.1. The summed E-state index contributed by atoms with van der Waals surface area (Å²) in [6.07, 6.45) is 1.51. The Morgan fingerprint density at radius 1 is 1.03 bits per heavy atom. The van der Waals surface area contributed by atoms with Gasteiger partial charge in [0, 0.05) is 5.69 Å². The molecule has 0 aromatic heterocycles. The number of halogens is 3. The van der Waals surface area contributed by atoms with Crippen LogP contribution in [-0.2, 0) is 0 Å². The molecule has 3 aromatic carbocycles. The number of carbonyl (C=O) groups excluding carboxylic acids is 1.